The predicted molar refractivity (Wildman–Crippen MR) is 120 cm³/mol. The second-order valence-electron chi connectivity index (χ2n) is 7.55. The fourth-order valence-corrected chi connectivity index (χ4v) is 5.72. The number of aliphatic imine (C=N–C) groups is 1. The maximum absolute atomic E-state index is 13.7. The number of ether oxygens (including phenoxy) is 1. The summed E-state index contributed by atoms with van der Waals surface area (Å²) in [6.07, 6.45) is 3.04. The Morgan fingerprint density at radius 2 is 2.16 bits per heavy atom. The molecule has 2 atom stereocenters. The summed E-state index contributed by atoms with van der Waals surface area (Å²) in [7, 11) is -2.22. The number of carbonyl (C=O) groups is 1. The number of benzene rings is 1. The van der Waals surface area contributed by atoms with Crippen LogP contribution in [0.25, 0.3) is 0 Å². The van der Waals surface area contributed by atoms with Gasteiger partial charge in [-0.1, -0.05) is 17.7 Å². The van der Waals surface area contributed by atoms with Gasteiger partial charge in [0.05, 0.1) is 18.9 Å². The second-order valence-corrected chi connectivity index (χ2v) is 11.0. The Morgan fingerprint density at radius 1 is 1.41 bits per heavy atom. The minimum Gasteiger partial charge on any atom is -0.466 e. The number of aryl methyl sites for hydroxylation is 1. The highest BCUT2D eigenvalue weighted by Crippen LogP contribution is 2.42. The molecule has 1 aromatic heterocycles. The van der Waals surface area contributed by atoms with Crippen LogP contribution in [0.15, 0.2) is 40.7 Å². The Labute approximate surface area is 193 Å². The number of rotatable bonds is 5. The standard InChI is InChI=1S/C20H20ClFN4O4S2/c1-10-8-23-19(31-10)18-24-17(13-5-4-11(22)6-14(13)21)16(20(27)30-2)15-7-12(9-26(15)18)25-32(3,28)29/h4-6,8,12,17,25H,7,9H2,1-3H3/t12-,17-/m0/s1. The van der Waals surface area contributed by atoms with Crippen molar-refractivity contribution in [2.75, 3.05) is 19.9 Å². The molecule has 0 aliphatic carbocycles. The third kappa shape index (κ3) is 4.42. The predicted octanol–water partition coefficient (Wildman–Crippen LogP) is 2.80. The van der Waals surface area contributed by atoms with Crippen molar-refractivity contribution in [3.8, 4) is 0 Å². The van der Waals surface area contributed by atoms with Crippen molar-refractivity contribution in [2.24, 2.45) is 4.99 Å². The number of amidine groups is 1. The largest absolute Gasteiger partial charge is 0.466 e. The molecule has 12 heteroatoms. The molecule has 1 saturated heterocycles. The van der Waals surface area contributed by atoms with Gasteiger partial charge in [0.25, 0.3) is 0 Å². The zero-order chi connectivity index (χ0) is 23.2. The maximum atomic E-state index is 13.7. The van der Waals surface area contributed by atoms with Gasteiger partial charge in [-0.05, 0) is 19.1 Å². The summed E-state index contributed by atoms with van der Waals surface area (Å²) in [5.41, 5.74) is 1.24. The van der Waals surface area contributed by atoms with Crippen molar-refractivity contribution in [3.05, 3.63) is 62.0 Å². The van der Waals surface area contributed by atoms with E-state index in [0.29, 0.717) is 22.1 Å². The number of hydrogen-bond donors (Lipinski definition) is 1. The van der Waals surface area contributed by atoms with Gasteiger partial charge in [-0.3, -0.25) is 4.99 Å². The Balaban J connectivity index is 1.91. The number of halogens is 2. The van der Waals surface area contributed by atoms with Crippen LogP contribution in [-0.2, 0) is 19.6 Å². The molecule has 2 aliphatic rings. The van der Waals surface area contributed by atoms with E-state index in [9.17, 15) is 17.6 Å². The lowest BCUT2D eigenvalue weighted by atomic mass is 9.94. The van der Waals surface area contributed by atoms with Gasteiger partial charge in [-0.25, -0.2) is 27.3 Å². The molecule has 2 aliphatic heterocycles. The summed E-state index contributed by atoms with van der Waals surface area (Å²) < 4.78 is 45.0. The van der Waals surface area contributed by atoms with E-state index in [2.05, 4.69) is 9.71 Å². The number of nitrogens with one attached hydrogen (secondary N) is 1. The first-order valence-corrected chi connectivity index (χ1v) is 12.7. The van der Waals surface area contributed by atoms with Gasteiger partial charge in [0, 0.05) is 46.4 Å². The quantitative estimate of drug-likeness (QED) is 0.636. The van der Waals surface area contributed by atoms with E-state index in [-0.39, 0.29) is 23.6 Å². The van der Waals surface area contributed by atoms with Gasteiger partial charge in [-0.2, -0.15) is 0 Å². The third-order valence-corrected chi connectivity index (χ3v) is 7.11. The van der Waals surface area contributed by atoms with E-state index >= 15 is 0 Å². The van der Waals surface area contributed by atoms with E-state index in [1.807, 2.05) is 6.92 Å². The SMILES string of the molecule is COC(=O)C1=C2C[C@H](NS(C)(=O)=O)CN2C(c2ncc(C)s2)=N[C@H]1c1ccc(F)cc1Cl. The highest BCUT2D eigenvalue weighted by Gasteiger charge is 2.43. The molecule has 8 nitrogen and oxygen atoms in total. The summed E-state index contributed by atoms with van der Waals surface area (Å²) in [6.45, 7) is 2.18. The maximum Gasteiger partial charge on any atom is 0.338 e. The highest BCUT2D eigenvalue weighted by molar-refractivity contribution is 7.88. The lowest BCUT2D eigenvalue weighted by Gasteiger charge is -2.31. The molecule has 0 bridgehead atoms. The number of fused-ring (bicyclic) bond motifs is 1. The van der Waals surface area contributed by atoms with Gasteiger partial charge >= 0.3 is 5.97 Å². The van der Waals surface area contributed by atoms with Crippen LogP contribution < -0.4 is 4.72 Å². The summed E-state index contributed by atoms with van der Waals surface area (Å²) >= 11 is 7.75. The topological polar surface area (TPSA) is 101 Å². The van der Waals surface area contributed by atoms with Crippen molar-refractivity contribution in [1.29, 1.82) is 0 Å². The van der Waals surface area contributed by atoms with Crippen molar-refractivity contribution >= 4 is 44.8 Å². The smallest absolute Gasteiger partial charge is 0.338 e. The van der Waals surface area contributed by atoms with Crippen molar-refractivity contribution < 1.29 is 22.3 Å². The molecule has 0 amide bonds. The lowest BCUT2D eigenvalue weighted by Crippen LogP contribution is -2.39. The number of esters is 1. The van der Waals surface area contributed by atoms with Gasteiger partial charge in [0.2, 0.25) is 10.0 Å². The molecule has 0 saturated carbocycles. The first kappa shape index (κ1) is 22.8. The van der Waals surface area contributed by atoms with Crippen molar-refractivity contribution in [3.63, 3.8) is 0 Å². The van der Waals surface area contributed by atoms with E-state index in [1.165, 1.54) is 30.6 Å². The van der Waals surface area contributed by atoms with Crippen molar-refractivity contribution in [1.82, 2.24) is 14.6 Å². The molecule has 1 fully saturated rings. The number of aromatic nitrogens is 1. The molecule has 1 aromatic carbocycles. The second kappa shape index (κ2) is 8.54. The molecule has 32 heavy (non-hydrogen) atoms. The number of nitrogens with zero attached hydrogens (tertiary/aromatic N) is 3. The minimum absolute atomic E-state index is 0.118. The first-order valence-electron chi connectivity index (χ1n) is 9.59. The Bertz CT molecular complexity index is 1260. The van der Waals surface area contributed by atoms with E-state index in [0.717, 1.165) is 17.2 Å². The van der Waals surface area contributed by atoms with Gasteiger partial charge in [0.1, 0.15) is 11.9 Å². The number of methoxy groups -OCH3 is 1. The number of carbonyl (C=O) groups excluding carboxylic acids is 1. The molecule has 170 valence electrons. The molecule has 0 unspecified atom stereocenters. The van der Waals surface area contributed by atoms with Crippen LogP contribution in [0.2, 0.25) is 5.02 Å². The molecule has 2 aromatic rings. The van der Waals surface area contributed by atoms with Crippen LogP contribution in [0.3, 0.4) is 0 Å². The van der Waals surface area contributed by atoms with E-state index in [4.69, 9.17) is 21.3 Å². The van der Waals surface area contributed by atoms with Gasteiger partial charge < -0.3 is 9.64 Å². The van der Waals surface area contributed by atoms with Crippen LogP contribution in [0, 0.1) is 12.7 Å². The molecular weight excluding hydrogens is 479 g/mol. The van der Waals surface area contributed by atoms with Crippen LogP contribution in [0.5, 0.6) is 0 Å². The Hall–Kier alpha value is -2.34. The third-order valence-electron chi connectivity index (χ3n) is 5.12. The fraction of sp³-hybridized carbons (Fsp3) is 0.350. The molecule has 4 rings (SSSR count). The van der Waals surface area contributed by atoms with Crippen LogP contribution in [0.4, 0.5) is 4.39 Å². The lowest BCUT2D eigenvalue weighted by molar-refractivity contribution is -0.136. The molecule has 1 N–H and O–H groups in total. The van der Waals surface area contributed by atoms with Crippen LogP contribution in [-0.4, -0.2) is 56.1 Å². The van der Waals surface area contributed by atoms with Gasteiger partial charge in [-0.15, -0.1) is 11.3 Å². The summed E-state index contributed by atoms with van der Waals surface area (Å²) in [5.74, 6) is -0.635. The number of hydrogen-bond acceptors (Lipinski definition) is 8. The van der Waals surface area contributed by atoms with Crippen molar-refractivity contribution in [2.45, 2.75) is 25.4 Å². The first-order chi connectivity index (χ1) is 15.1. The Morgan fingerprint density at radius 3 is 2.75 bits per heavy atom. The molecule has 0 radical (unpaired) electrons. The number of thiazole rings is 1. The average Bonchev–Trinajstić information content (AvgIpc) is 3.31. The van der Waals surface area contributed by atoms with E-state index in [1.54, 1.807) is 11.1 Å². The summed E-state index contributed by atoms with van der Waals surface area (Å²) in [5, 5.41) is 0.736. The average molecular weight is 499 g/mol. The monoisotopic (exact) mass is 498 g/mol. The fourth-order valence-electron chi connectivity index (χ4n) is 3.92. The molecule has 3 heterocycles. The summed E-state index contributed by atoms with van der Waals surface area (Å²) in [6, 6.07) is 2.55. The zero-order valence-corrected chi connectivity index (χ0v) is 19.8. The van der Waals surface area contributed by atoms with Crippen LogP contribution in [0.1, 0.15) is 27.9 Å². The highest BCUT2D eigenvalue weighted by atomic mass is 35.5. The summed E-state index contributed by atoms with van der Waals surface area (Å²) in [4.78, 5) is 24.9. The Kier molecular flexibility index (Phi) is 6.10. The minimum atomic E-state index is -3.48. The normalized spacial score (nSPS) is 20.9. The van der Waals surface area contributed by atoms with Gasteiger partial charge in [0.15, 0.2) is 10.8 Å². The number of sulfonamides is 1. The zero-order valence-electron chi connectivity index (χ0n) is 17.4. The molecule has 0 spiro atoms. The van der Waals surface area contributed by atoms with E-state index < -0.39 is 33.9 Å². The molecular formula is C20H20ClFN4O4S2. The van der Waals surface area contributed by atoms with Crippen LogP contribution >= 0.6 is 22.9 Å².